The molecule has 1 aliphatic rings. The van der Waals surface area contributed by atoms with Crippen LogP contribution in [0.5, 0.6) is 0 Å². The average Bonchev–Trinajstić information content (AvgIpc) is 2.83. The van der Waals surface area contributed by atoms with E-state index in [1.54, 1.807) is 0 Å². The normalized spacial score (nSPS) is 23.4. The van der Waals surface area contributed by atoms with Crippen LogP contribution in [0.2, 0.25) is 0 Å². The molecule has 0 radical (unpaired) electrons. The zero-order chi connectivity index (χ0) is 13.7. The van der Waals surface area contributed by atoms with Crippen molar-refractivity contribution in [2.24, 2.45) is 0 Å². The van der Waals surface area contributed by atoms with Gasteiger partial charge in [0.1, 0.15) is 0 Å². The van der Waals surface area contributed by atoms with Gasteiger partial charge in [-0.2, -0.15) is 0 Å². The zero-order valence-corrected chi connectivity index (χ0v) is 12.1. The van der Waals surface area contributed by atoms with Crippen LogP contribution in [0.25, 0.3) is 0 Å². The van der Waals surface area contributed by atoms with Crippen LogP contribution in [0.4, 0.5) is 0 Å². The summed E-state index contributed by atoms with van der Waals surface area (Å²) >= 11 is 0. The molecule has 1 fully saturated rings. The summed E-state index contributed by atoms with van der Waals surface area (Å²) in [6.07, 6.45) is 0.769. The van der Waals surface area contributed by atoms with Gasteiger partial charge in [-0.1, -0.05) is 44.2 Å². The third kappa shape index (κ3) is 3.78. The third-order valence-electron chi connectivity index (χ3n) is 4.06. The number of aliphatic hydroxyl groups is 1. The molecule has 0 bridgehead atoms. The SMILES string of the molecule is CCNCC(C)(CN1CCC(O)C1)c1ccccc1. The van der Waals surface area contributed by atoms with Crippen LogP contribution >= 0.6 is 0 Å². The highest BCUT2D eigenvalue weighted by Gasteiger charge is 2.31. The third-order valence-corrected chi connectivity index (χ3v) is 4.06. The largest absolute Gasteiger partial charge is 0.392 e. The van der Waals surface area contributed by atoms with E-state index in [1.165, 1.54) is 5.56 Å². The van der Waals surface area contributed by atoms with E-state index in [9.17, 15) is 5.11 Å². The highest BCUT2D eigenvalue weighted by Crippen LogP contribution is 2.26. The summed E-state index contributed by atoms with van der Waals surface area (Å²) in [4.78, 5) is 2.38. The Labute approximate surface area is 116 Å². The molecule has 106 valence electrons. The Balaban J connectivity index is 2.10. The van der Waals surface area contributed by atoms with E-state index in [2.05, 4.69) is 54.4 Å². The fourth-order valence-corrected chi connectivity index (χ4v) is 2.94. The summed E-state index contributed by atoms with van der Waals surface area (Å²) in [5.41, 5.74) is 1.47. The maximum absolute atomic E-state index is 9.69. The second kappa shape index (κ2) is 6.51. The minimum atomic E-state index is -0.140. The summed E-state index contributed by atoms with van der Waals surface area (Å²) in [5, 5.41) is 13.2. The highest BCUT2D eigenvalue weighted by molar-refractivity contribution is 5.25. The summed E-state index contributed by atoms with van der Waals surface area (Å²) in [7, 11) is 0. The fourth-order valence-electron chi connectivity index (χ4n) is 2.94. The second-order valence-electron chi connectivity index (χ2n) is 5.88. The van der Waals surface area contributed by atoms with Crippen molar-refractivity contribution in [1.29, 1.82) is 0 Å². The molecule has 1 aliphatic heterocycles. The molecule has 0 spiro atoms. The summed E-state index contributed by atoms with van der Waals surface area (Å²) in [5.74, 6) is 0. The number of benzene rings is 1. The standard InChI is InChI=1S/C16H26N2O/c1-3-17-12-16(2,14-7-5-4-6-8-14)13-18-10-9-15(19)11-18/h4-8,15,17,19H,3,9-13H2,1-2H3. The number of hydrogen-bond acceptors (Lipinski definition) is 3. The van der Waals surface area contributed by atoms with Crippen LogP contribution in [-0.4, -0.2) is 48.8 Å². The van der Waals surface area contributed by atoms with Crippen molar-refractivity contribution in [2.45, 2.75) is 31.8 Å². The predicted octanol–water partition coefficient (Wildman–Crippen LogP) is 1.62. The van der Waals surface area contributed by atoms with Gasteiger partial charge in [0.25, 0.3) is 0 Å². The van der Waals surface area contributed by atoms with Gasteiger partial charge in [-0.15, -0.1) is 0 Å². The van der Waals surface area contributed by atoms with E-state index >= 15 is 0 Å². The molecular weight excluding hydrogens is 236 g/mol. The van der Waals surface area contributed by atoms with Crippen LogP contribution in [0.1, 0.15) is 25.8 Å². The van der Waals surface area contributed by atoms with Gasteiger partial charge < -0.3 is 10.4 Å². The molecule has 2 unspecified atom stereocenters. The Kier molecular flexibility index (Phi) is 4.97. The van der Waals surface area contributed by atoms with Crippen molar-refractivity contribution in [2.75, 3.05) is 32.7 Å². The van der Waals surface area contributed by atoms with Gasteiger partial charge in [0.05, 0.1) is 6.10 Å². The topological polar surface area (TPSA) is 35.5 Å². The minimum Gasteiger partial charge on any atom is -0.392 e. The van der Waals surface area contributed by atoms with E-state index in [4.69, 9.17) is 0 Å². The molecule has 0 aliphatic carbocycles. The lowest BCUT2D eigenvalue weighted by Crippen LogP contribution is -2.45. The van der Waals surface area contributed by atoms with Gasteiger partial charge in [-0.05, 0) is 18.5 Å². The smallest absolute Gasteiger partial charge is 0.0679 e. The predicted molar refractivity (Wildman–Crippen MR) is 79.4 cm³/mol. The molecule has 3 heteroatoms. The van der Waals surface area contributed by atoms with Gasteiger partial charge in [-0.3, -0.25) is 4.90 Å². The number of nitrogens with zero attached hydrogens (tertiary/aromatic N) is 1. The van der Waals surface area contributed by atoms with Crippen molar-refractivity contribution >= 4 is 0 Å². The Morgan fingerprint density at radius 1 is 1.37 bits per heavy atom. The van der Waals surface area contributed by atoms with E-state index < -0.39 is 0 Å². The zero-order valence-electron chi connectivity index (χ0n) is 12.1. The quantitative estimate of drug-likeness (QED) is 0.818. The van der Waals surface area contributed by atoms with Crippen LogP contribution in [-0.2, 0) is 5.41 Å². The summed E-state index contributed by atoms with van der Waals surface area (Å²) < 4.78 is 0. The fraction of sp³-hybridized carbons (Fsp3) is 0.625. The maximum atomic E-state index is 9.69. The molecule has 0 saturated carbocycles. The average molecular weight is 262 g/mol. The van der Waals surface area contributed by atoms with Crippen LogP contribution in [0.3, 0.4) is 0 Å². The Morgan fingerprint density at radius 3 is 2.68 bits per heavy atom. The second-order valence-corrected chi connectivity index (χ2v) is 5.88. The monoisotopic (exact) mass is 262 g/mol. The van der Waals surface area contributed by atoms with Crippen LogP contribution in [0, 0.1) is 0 Å². The van der Waals surface area contributed by atoms with Gasteiger partial charge in [0, 0.05) is 31.6 Å². The van der Waals surface area contributed by atoms with Crippen molar-refractivity contribution in [3.63, 3.8) is 0 Å². The molecule has 2 atom stereocenters. The molecule has 2 rings (SSSR count). The maximum Gasteiger partial charge on any atom is 0.0679 e. The molecular formula is C16H26N2O. The number of hydrogen-bond donors (Lipinski definition) is 2. The lowest BCUT2D eigenvalue weighted by Gasteiger charge is -2.34. The Bertz CT molecular complexity index is 382. The van der Waals surface area contributed by atoms with Crippen molar-refractivity contribution in [3.8, 4) is 0 Å². The summed E-state index contributed by atoms with van der Waals surface area (Å²) in [6.45, 7) is 9.25. The number of β-amino-alcohol motifs (C(OH)–C–C–N with tert-alkyl or cyclic N) is 1. The number of nitrogens with one attached hydrogen (secondary N) is 1. The van der Waals surface area contributed by atoms with Crippen LogP contribution in [0.15, 0.2) is 30.3 Å². The molecule has 1 aromatic carbocycles. The van der Waals surface area contributed by atoms with Crippen molar-refractivity contribution < 1.29 is 5.11 Å². The van der Waals surface area contributed by atoms with Gasteiger partial charge >= 0.3 is 0 Å². The first-order chi connectivity index (χ1) is 9.14. The minimum absolute atomic E-state index is 0.0985. The summed E-state index contributed by atoms with van der Waals surface area (Å²) in [6, 6.07) is 10.7. The molecule has 19 heavy (non-hydrogen) atoms. The van der Waals surface area contributed by atoms with Crippen LogP contribution < -0.4 is 5.32 Å². The first-order valence-electron chi connectivity index (χ1n) is 7.31. The van der Waals surface area contributed by atoms with Crippen molar-refractivity contribution in [1.82, 2.24) is 10.2 Å². The highest BCUT2D eigenvalue weighted by atomic mass is 16.3. The number of rotatable bonds is 6. The molecule has 2 N–H and O–H groups in total. The molecule has 1 saturated heterocycles. The molecule has 0 amide bonds. The molecule has 1 heterocycles. The Morgan fingerprint density at radius 2 is 2.11 bits per heavy atom. The number of likely N-dealkylation sites (N-methyl/N-ethyl adjacent to an activating group) is 1. The Hall–Kier alpha value is -0.900. The first-order valence-corrected chi connectivity index (χ1v) is 7.31. The van der Waals surface area contributed by atoms with Gasteiger partial charge in [0.15, 0.2) is 0 Å². The molecule has 0 aromatic heterocycles. The lowest BCUT2D eigenvalue weighted by atomic mass is 9.81. The van der Waals surface area contributed by atoms with E-state index in [0.717, 1.165) is 39.1 Å². The van der Waals surface area contributed by atoms with E-state index in [0.29, 0.717) is 0 Å². The van der Waals surface area contributed by atoms with E-state index in [-0.39, 0.29) is 11.5 Å². The number of aliphatic hydroxyl groups excluding tert-OH is 1. The van der Waals surface area contributed by atoms with Gasteiger partial charge in [0.2, 0.25) is 0 Å². The number of likely N-dealkylation sites (tertiary alicyclic amines) is 1. The first kappa shape index (κ1) is 14.5. The van der Waals surface area contributed by atoms with Crippen molar-refractivity contribution in [3.05, 3.63) is 35.9 Å². The molecule has 1 aromatic rings. The van der Waals surface area contributed by atoms with E-state index in [1.807, 2.05) is 0 Å². The van der Waals surface area contributed by atoms with Gasteiger partial charge in [-0.25, -0.2) is 0 Å². The lowest BCUT2D eigenvalue weighted by molar-refractivity contribution is 0.166. The molecule has 3 nitrogen and oxygen atoms in total.